The highest BCUT2D eigenvalue weighted by Crippen LogP contribution is 2.39. The summed E-state index contributed by atoms with van der Waals surface area (Å²) in [6.45, 7) is 0.981. The third-order valence-electron chi connectivity index (χ3n) is 3.53. The highest BCUT2D eigenvalue weighted by Gasteiger charge is 2.34. The maximum atomic E-state index is 12.0. The van der Waals surface area contributed by atoms with Crippen molar-refractivity contribution in [2.45, 2.75) is 49.6 Å². The zero-order valence-corrected chi connectivity index (χ0v) is 12.1. The highest BCUT2D eigenvalue weighted by molar-refractivity contribution is 8.00. The molecular formula is C12H21F3N2OS. The summed E-state index contributed by atoms with van der Waals surface area (Å²) in [5.74, 6) is -0.605. The van der Waals surface area contributed by atoms with E-state index in [-0.39, 0.29) is 4.75 Å². The van der Waals surface area contributed by atoms with Crippen molar-refractivity contribution in [2.75, 3.05) is 19.3 Å². The molecule has 1 atom stereocenters. The van der Waals surface area contributed by atoms with Gasteiger partial charge in [0.05, 0.1) is 6.04 Å². The Morgan fingerprint density at radius 2 is 1.95 bits per heavy atom. The molecule has 1 aliphatic rings. The second-order valence-corrected chi connectivity index (χ2v) is 6.30. The normalized spacial score (nSPS) is 20.3. The number of hydrogen-bond donors (Lipinski definition) is 2. The summed E-state index contributed by atoms with van der Waals surface area (Å²) in [6.07, 6.45) is 2.23. The Labute approximate surface area is 116 Å². The molecule has 112 valence electrons. The van der Waals surface area contributed by atoms with Crippen LogP contribution in [0.2, 0.25) is 0 Å². The van der Waals surface area contributed by atoms with Crippen LogP contribution >= 0.6 is 11.8 Å². The summed E-state index contributed by atoms with van der Waals surface area (Å²) in [7, 11) is 0. The van der Waals surface area contributed by atoms with E-state index in [2.05, 4.69) is 5.32 Å². The average Bonchev–Trinajstić information content (AvgIpc) is 2.81. The number of alkyl halides is 3. The Hall–Kier alpha value is -0.430. The second kappa shape index (κ2) is 6.83. The average molecular weight is 298 g/mol. The van der Waals surface area contributed by atoms with Crippen molar-refractivity contribution in [3.63, 3.8) is 0 Å². The van der Waals surface area contributed by atoms with Crippen molar-refractivity contribution in [3.8, 4) is 0 Å². The molecule has 0 saturated heterocycles. The van der Waals surface area contributed by atoms with Gasteiger partial charge < -0.3 is 10.6 Å². The number of thioether (sulfide) groups is 1. The van der Waals surface area contributed by atoms with Crippen molar-refractivity contribution in [2.24, 2.45) is 0 Å². The monoisotopic (exact) mass is 298 g/mol. The van der Waals surface area contributed by atoms with E-state index in [0.29, 0.717) is 6.54 Å². The minimum atomic E-state index is -4.36. The van der Waals surface area contributed by atoms with Crippen LogP contribution in [0.3, 0.4) is 0 Å². The summed E-state index contributed by atoms with van der Waals surface area (Å²) < 4.78 is 36.1. The molecule has 1 saturated carbocycles. The lowest BCUT2D eigenvalue weighted by atomic mass is 10.1. The molecule has 1 amide bonds. The minimum Gasteiger partial charge on any atom is -0.346 e. The van der Waals surface area contributed by atoms with Gasteiger partial charge in [0.1, 0.15) is 6.54 Å². The van der Waals surface area contributed by atoms with Gasteiger partial charge in [-0.15, -0.1) is 0 Å². The summed E-state index contributed by atoms with van der Waals surface area (Å²) in [6, 6.07) is -0.605. The lowest BCUT2D eigenvalue weighted by Gasteiger charge is -2.28. The first-order valence-electron chi connectivity index (χ1n) is 6.41. The van der Waals surface area contributed by atoms with Crippen LogP contribution in [0.1, 0.15) is 32.6 Å². The van der Waals surface area contributed by atoms with E-state index in [1.807, 2.05) is 11.6 Å². The predicted molar refractivity (Wildman–Crippen MR) is 71.2 cm³/mol. The number of nitrogens with one attached hydrogen (secondary N) is 2. The first-order valence-corrected chi connectivity index (χ1v) is 7.63. The molecule has 0 heterocycles. The van der Waals surface area contributed by atoms with Crippen LogP contribution in [-0.2, 0) is 4.79 Å². The maximum absolute atomic E-state index is 12.0. The van der Waals surface area contributed by atoms with Crippen molar-refractivity contribution >= 4 is 17.7 Å². The fourth-order valence-electron chi connectivity index (χ4n) is 2.24. The topological polar surface area (TPSA) is 41.1 Å². The van der Waals surface area contributed by atoms with E-state index in [9.17, 15) is 18.0 Å². The van der Waals surface area contributed by atoms with Crippen LogP contribution < -0.4 is 10.6 Å². The highest BCUT2D eigenvalue weighted by atomic mass is 32.2. The zero-order chi connectivity index (χ0) is 14.5. The molecule has 7 heteroatoms. The quantitative estimate of drug-likeness (QED) is 0.791. The molecule has 1 unspecified atom stereocenters. The predicted octanol–water partition coefficient (Wildman–Crippen LogP) is 2.32. The minimum absolute atomic E-state index is 0.137. The van der Waals surface area contributed by atoms with E-state index in [1.165, 1.54) is 12.8 Å². The number of carbonyl (C=O) groups is 1. The molecule has 2 N–H and O–H groups in total. The number of halogens is 3. The fourth-order valence-corrected chi connectivity index (χ4v) is 3.17. The molecule has 0 aromatic carbocycles. The van der Waals surface area contributed by atoms with Crippen molar-refractivity contribution < 1.29 is 18.0 Å². The zero-order valence-electron chi connectivity index (χ0n) is 11.3. The van der Waals surface area contributed by atoms with Crippen LogP contribution in [0.5, 0.6) is 0 Å². The molecule has 1 fully saturated rings. The molecule has 19 heavy (non-hydrogen) atoms. The Bertz CT molecular complexity index is 304. The van der Waals surface area contributed by atoms with Gasteiger partial charge in [-0.1, -0.05) is 12.8 Å². The van der Waals surface area contributed by atoms with Crippen LogP contribution in [0.25, 0.3) is 0 Å². The summed E-state index contributed by atoms with van der Waals surface area (Å²) >= 11 is 1.78. The lowest BCUT2D eigenvalue weighted by molar-refractivity contribution is -0.139. The largest absolute Gasteiger partial charge is 0.405 e. The number of carbonyl (C=O) groups excluding carboxylic acids is 1. The lowest BCUT2D eigenvalue weighted by Crippen LogP contribution is -2.48. The molecule has 0 bridgehead atoms. The summed E-state index contributed by atoms with van der Waals surface area (Å²) in [4.78, 5) is 11.5. The standard InChI is InChI=1S/C12H21F3N2OS/c1-9(10(18)17-8-12(13,14)15)16-7-11(19-2)5-3-4-6-11/h9,16H,3-8H2,1-2H3,(H,17,18). The van der Waals surface area contributed by atoms with E-state index in [1.54, 1.807) is 18.7 Å². The van der Waals surface area contributed by atoms with E-state index >= 15 is 0 Å². The third kappa shape index (κ3) is 5.60. The summed E-state index contributed by atoms with van der Waals surface area (Å²) in [5, 5.41) is 4.95. The SMILES string of the molecule is CSC1(CNC(C)C(=O)NCC(F)(F)F)CCCC1. The Morgan fingerprint density at radius 3 is 2.42 bits per heavy atom. The molecular weight excluding hydrogens is 277 g/mol. The first-order chi connectivity index (χ1) is 8.78. The molecule has 0 spiro atoms. The maximum Gasteiger partial charge on any atom is 0.405 e. The van der Waals surface area contributed by atoms with Gasteiger partial charge in [-0.2, -0.15) is 24.9 Å². The molecule has 0 aliphatic heterocycles. The van der Waals surface area contributed by atoms with Gasteiger partial charge in [0.2, 0.25) is 5.91 Å². The Balaban J connectivity index is 2.33. The molecule has 0 aromatic rings. The van der Waals surface area contributed by atoms with E-state index in [4.69, 9.17) is 0 Å². The van der Waals surface area contributed by atoms with Gasteiger partial charge in [-0.25, -0.2) is 0 Å². The fraction of sp³-hybridized carbons (Fsp3) is 0.917. The van der Waals surface area contributed by atoms with E-state index < -0.39 is 24.7 Å². The second-order valence-electron chi connectivity index (χ2n) is 5.03. The van der Waals surface area contributed by atoms with Gasteiger partial charge >= 0.3 is 6.18 Å². The van der Waals surface area contributed by atoms with Crippen molar-refractivity contribution in [1.82, 2.24) is 10.6 Å². The first kappa shape index (κ1) is 16.6. The number of rotatable bonds is 6. The van der Waals surface area contributed by atoms with Crippen LogP contribution in [0.4, 0.5) is 13.2 Å². The van der Waals surface area contributed by atoms with Gasteiger partial charge in [-0.05, 0) is 26.0 Å². The van der Waals surface area contributed by atoms with Gasteiger partial charge in [0.25, 0.3) is 0 Å². The van der Waals surface area contributed by atoms with Gasteiger partial charge in [0.15, 0.2) is 0 Å². The smallest absolute Gasteiger partial charge is 0.346 e. The molecule has 1 rings (SSSR count). The van der Waals surface area contributed by atoms with Crippen molar-refractivity contribution in [1.29, 1.82) is 0 Å². The van der Waals surface area contributed by atoms with Crippen molar-refractivity contribution in [3.05, 3.63) is 0 Å². The number of amides is 1. The molecule has 1 aliphatic carbocycles. The Kier molecular flexibility index (Phi) is 5.98. The van der Waals surface area contributed by atoms with Crippen LogP contribution in [0, 0.1) is 0 Å². The Morgan fingerprint density at radius 1 is 1.37 bits per heavy atom. The van der Waals surface area contributed by atoms with Gasteiger partial charge in [0, 0.05) is 11.3 Å². The molecule has 3 nitrogen and oxygen atoms in total. The van der Waals surface area contributed by atoms with E-state index in [0.717, 1.165) is 12.8 Å². The summed E-state index contributed by atoms with van der Waals surface area (Å²) in [5.41, 5.74) is 0. The third-order valence-corrected chi connectivity index (χ3v) is 4.95. The molecule has 0 radical (unpaired) electrons. The van der Waals surface area contributed by atoms with Crippen LogP contribution in [-0.4, -0.2) is 42.2 Å². The van der Waals surface area contributed by atoms with Gasteiger partial charge in [-0.3, -0.25) is 4.79 Å². The van der Waals surface area contributed by atoms with Crippen LogP contribution in [0.15, 0.2) is 0 Å². The molecule has 0 aromatic heterocycles. The number of hydrogen-bond acceptors (Lipinski definition) is 3.